The Bertz CT molecular complexity index is 623. The monoisotopic (exact) mass is 312 g/mol. The van der Waals surface area contributed by atoms with E-state index in [1.54, 1.807) is 0 Å². The lowest BCUT2D eigenvalue weighted by Crippen LogP contribution is -2.15. The fourth-order valence-corrected chi connectivity index (χ4v) is 1.91. The largest absolute Gasteiger partial charge is 0.439 e. The maximum absolute atomic E-state index is 13.3. The second-order valence-corrected chi connectivity index (χ2v) is 4.88. The molecule has 1 heterocycles. The maximum atomic E-state index is 13.3. The summed E-state index contributed by atoms with van der Waals surface area (Å²) in [5.74, 6) is -0.353. The number of nitrogens with one attached hydrogen (secondary N) is 1. The summed E-state index contributed by atoms with van der Waals surface area (Å²) < 4.78 is 32.0. The van der Waals surface area contributed by atoms with Crippen LogP contribution in [0.3, 0.4) is 0 Å². The van der Waals surface area contributed by atoms with E-state index in [2.05, 4.69) is 10.3 Å². The molecule has 0 amide bonds. The molecule has 2 aromatic rings. The highest BCUT2D eigenvalue weighted by Gasteiger charge is 2.10. The molecule has 3 nitrogen and oxygen atoms in total. The smallest absolute Gasteiger partial charge is 0.223 e. The van der Waals surface area contributed by atoms with Gasteiger partial charge >= 0.3 is 0 Å². The second-order valence-electron chi connectivity index (χ2n) is 4.47. The van der Waals surface area contributed by atoms with Crippen molar-refractivity contribution in [2.24, 2.45) is 0 Å². The minimum Gasteiger partial charge on any atom is -0.439 e. The van der Waals surface area contributed by atoms with E-state index in [9.17, 15) is 8.78 Å². The number of halogens is 3. The van der Waals surface area contributed by atoms with Crippen molar-refractivity contribution in [3.05, 3.63) is 52.7 Å². The van der Waals surface area contributed by atoms with Crippen LogP contribution < -0.4 is 10.1 Å². The third-order valence-electron chi connectivity index (χ3n) is 2.74. The Balaban J connectivity index is 2.19. The van der Waals surface area contributed by atoms with Gasteiger partial charge in [0.2, 0.25) is 5.88 Å². The van der Waals surface area contributed by atoms with Gasteiger partial charge in [-0.05, 0) is 31.2 Å². The molecule has 0 spiro atoms. The topological polar surface area (TPSA) is 34.2 Å². The molecule has 21 heavy (non-hydrogen) atoms. The number of nitrogens with zero attached hydrogens (tertiary/aromatic N) is 1. The number of ether oxygens (including phenoxy) is 1. The molecule has 0 unspecified atom stereocenters. The first kappa shape index (κ1) is 15.7. The van der Waals surface area contributed by atoms with Crippen LogP contribution in [0.25, 0.3) is 0 Å². The van der Waals surface area contributed by atoms with E-state index in [4.69, 9.17) is 16.3 Å². The molecule has 6 heteroatoms. The Morgan fingerprint density at radius 2 is 2.10 bits per heavy atom. The molecule has 0 saturated carbocycles. The van der Waals surface area contributed by atoms with Crippen molar-refractivity contribution in [1.29, 1.82) is 0 Å². The van der Waals surface area contributed by atoms with Crippen LogP contribution in [-0.2, 0) is 6.54 Å². The summed E-state index contributed by atoms with van der Waals surface area (Å²) in [6.07, 6.45) is 2.04. The van der Waals surface area contributed by atoms with Crippen LogP contribution in [0.1, 0.15) is 18.9 Å². The fourth-order valence-electron chi connectivity index (χ4n) is 1.74. The van der Waals surface area contributed by atoms with Gasteiger partial charge in [-0.3, -0.25) is 0 Å². The van der Waals surface area contributed by atoms with Crippen molar-refractivity contribution in [2.75, 3.05) is 6.54 Å². The SMILES string of the molecule is CCCNCc1cc(F)cnc1Oc1ccc(F)c(Cl)c1. The van der Waals surface area contributed by atoms with Crippen LogP contribution >= 0.6 is 11.6 Å². The predicted molar refractivity (Wildman–Crippen MR) is 77.7 cm³/mol. The zero-order valence-electron chi connectivity index (χ0n) is 11.5. The van der Waals surface area contributed by atoms with Gasteiger partial charge in [0.25, 0.3) is 0 Å². The van der Waals surface area contributed by atoms with E-state index >= 15 is 0 Å². The molecule has 0 aliphatic carbocycles. The summed E-state index contributed by atoms with van der Waals surface area (Å²) >= 11 is 5.70. The van der Waals surface area contributed by atoms with Gasteiger partial charge in [0.15, 0.2) is 0 Å². The summed E-state index contributed by atoms with van der Waals surface area (Å²) in [6, 6.07) is 5.35. The summed E-state index contributed by atoms with van der Waals surface area (Å²) in [6.45, 7) is 3.27. The average Bonchev–Trinajstić information content (AvgIpc) is 2.46. The third-order valence-corrected chi connectivity index (χ3v) is 3.03. The lowest BCUT2D eigenvalue weighted by atomic mass is 10.2. The molecular weight excluding hydrogens is 298 g/mol. The van der Waals surface area contributed by atoms with E-state index in [-0.39, 0.29) is 10.9 Å². The van der Waals surface area contributed by atoms with Crippen LogP contribution in [0, 0.1) is 11.6 Å². The summed E-state index contributed by atoms with van der Waals surface area (Å²) in [5, 5.41) is 3.11. The van der Waals surface area contributed by atoms with Gasteiger partial charge in [0.05, 0.1) is 11.2 Å². The standard InChI is InChI=1S/C15H15ClF2N2O/c1-2-5-19-8-10-6-11(17)9-20-15(10)21-12-3-4-14(18)13(16)7-12/h3-4,6-7,9,19H,2,5,8H2,1H3. The molecule has 1 N–H and O–H groups in total. The summed E-state index contributed by atoms with van der Waals surface area (Å²) in [5.41, 5.74) is 0.587. The van der Waals surface area contributed by atoms with Crippen LogP contribution in [0.5, 0.6) is 11.6 Å². The molecule has 0 aliphatic rings. The highest BCUT2D eigenvalue weighted by molar-refractivity contribution is 6.30. The fraction of sp³-hybridized carbons (Fsp3) is 0.267. The molecule has 0 atom stereocenters. The zero-order chi connectivity index (χ0) is 15.2. The van der Waals surface area contributed by atoms with Gasteiger partial charge < -0.3 is 10.1 Å². The van der Waals surface area contributed by atoms with Crippen molar-refractivity contribution >= 4 is 11.6 Å². The summed E-state index contributed by atoms with van der Waals surface area (Å²) in [4.78, 5) is 3.93. The Hall–Kier alpha value is -1.72. The van der Waals surface area contributed by atoms with E-state index in [0.717, 1.165) is 19.2 Å². The van der Waals surface area contributed by atoms with Gasteiger partial charge in [-0.25, -0.2) is 13.8 Å². The minimum absolute atomic E-state index is 0.0414. The quantitative estimate of drug-likeness (QED) is 0.807. The van der Waals surface area contributed by atoms with Crippen molar-refractivity contribution in [3.8, 4) is 11.6 Å². The van der Waals surface area contributed by atoms with E-state index < -0.39 is 11.6 Å². The van der Waals surface area contributed by atoms with Crippen molar-refractivity contribution in [3.63, 3.8) is 0 Å². The molecule has 0 bridgehead atoms. The first-order valence-corrected chi connectivity index (χ1v) is 6.96. The number of benzene rings is 1. The predicted octanol–water partition coefficient (Wildman–Crippen LogP) is 4.31. The zero-order valence-corrected chi connectivity index (χ0v) is 12.3. The van der Waals surface area contributed by atoms with Crippen LogP contribution in [0.15, 0.2) is 30.5 Å². The molecule has 1 aromatic carbocycles. The van der Waals surface area contributed by atoms with E-state index in [1.807, 2.05) is 6.92 Å². The van der Waals surface area contributed by atoms with Crippen molar-refractivity contribution in [2.45, 2.75) is 19.9 Å². The number of hydrogen-bond acceptors (Lipinski definition) is 3. The van der Waals surface area contributed by atoms with Gasteiger partial charge in [0, 0.05) is 18.2 Å². The Morgan fingerprint density at radius 1 is 1.29 bits per heavy atom. The second kappa shape index (κ2) is 7.33. The lowest BCUT2D eigenvalue weighted by Gasteiger charge is -2.11. The lowest BCUT2D eigenvalue weighted by molar-refractivity contribution is 0.447. The van der Waals surface area contributed by atoms with Gasteiger partial charge in [-0.2, -0.15) is 0 Å². The highest BCUT2D eigenvalue weighted by atomic mass is 35.5. The summed E-state index contributed by atoms with van der Waals surface area (Å²) in [7, 11) is 0. The highest BCUT2D eigenvalue weighted by Crippen LogP contribution is 2.27. The van der Waals surface area contributed by atoms with Gasteiger partial charge in [-0.15, -0.1) is 0 Å². The first-order valence-electron chi connectivity index (χ1n) is 6.58. The van der Waals surface area contributed by atoms with E-state index in [0.29, 0.717) is 17.9 Å². The molecule has 1 aromatic heterocycles. The molecule has 0 saturated heterocycles. The van der Waals surface area contributed by atoms with Crippen LogP contribution in [0.4, 0.5) is 8.78 Å². The number of rotatable bonds is 6. The van der Waals surface area contributed by atoms with Gasteiger partial charge in [-0.1, -0.05) is 18.5 Å². The van der Waals surface area contributed by atoms with Crippen LogP contribution in [-0.4, -0.2) is 11.5 Å². The van der Waals surface area contributed by atoms with Gasteiger partial charge in [0.1, 0.15) is 17.4 Å². The molecule has 112 valence electrons. The number of hydrogen-bond donors (Lipinski definition) is 1. The van der Waals surface area contributed by atoms with Crippen molar-refractivity contribution < 1.29 is 13.5 Å². The molecule has 0 fully saturated rings. The van der Waals surface area contributed by atoms with Crippen molar-refractivity contribution in [1.82, 2.24) is 10.3 Å². The van der Waals surface area contributed by atoms with E-state index in [1.165, 1.54) is 24.3 Å². The number of aromatic nitrogens is 1. The Morgan fingerprint density at radius 3 is 2.81 bits per heavy atom. The third kappa shape index (κ3) is 4.37. The first-order chi connectivity index (χ1) is 10.1. The normalized spacial score (nSPS) is 10.7. The Labute approximate surface area is 126 Å². The number of pyridine rings is 1. The molecule has 0 radical (unpaired) electrons. The average molecular weight is 313 g/mol. The van der Waals surface area contributed by atoms with Crippen LogP contribution in [0.2, 0.25) is 5.02 Å². The molecule has 0 aliphatic heterocycles. The molecule has 2 rings (SSSR count). The maximum Gasteiger partial charge on any atom is 0.223 e. The minimum atomic E-state index is -0.527. The Kier molecular flexibility index (Phi) is 5.47. The molecular formula is C15H15ClF2N2O.